The Hall–Kier alpha value is -0.290. The van der Waals surface area contributed by atoms with Crippen LogP contribution in [0.15, 0.2) is 0 Å². The van der Waals surface area contributed by atoms with Crippen LogP contribution < -0.4 is 5.32 Å². The normalized spacial score (nSPS) is 26.8. The van der Waals surface area contributed by atoms with Crippen molar-refractivity contribution in [3.05, 3.63) is 0 Å². The SMILES string of the molecule is CC1CCNC(C)(C)CN1CCCC(F)(F)F. The standard InChI is InChI=1S/C12H23F3N2/c1-10-5-7-16-11(2,3)9-17(10)8-4-6-12(13,14)15/h10,16H,4-9H2,1-3H3. The molecule has 0 aliphatic carbocycles. The van der Waals surface area contributed by atoms with Gasteiger partial charge in [-0.25, -0.2) is 0 Å². The Morgan fingerprint density at radius 3 is 2.59 bits per heavy atom. The number of hydrogen-bond acceptors (Lipinski definition) is 2. The van der Waals surface area contributed by atoms with Gasteiger partial charge in [-0.1, -0.05) is 0 Å². The number of hydrogen-bond donors (Lipinski definition) is 1. The Labute approximate surface area is 102 Å². The van der Waals surface area contributed by atoms with Crippen molar-refractivity contribution < 1.29 is 13.2 Å². The Kier molecular flexibility index (Phi) is 4.84. The maximum Gasteiger partial charge on any atom is 0.389 e. The monoisotopic (exact) mass is 252 g/mol. The van der Waals surface area contributed by atoms with E-state index < -0.39 is 12.6 Å². The smallest absolute Gasteiger partial charge is 0.310 e. The van der Waals surface area contributed by atoms with Gasteiger partial charge < -0.3 is 5.32 Å². The molecule has 1 saturated heterocycles. The second-order valence-corrected chi connectivity index (χ2v) is 5.64. The fourth-order valence-corrected chi connectivity index (χ4v) is 2.30. The van der Waals surface area contributed by atoms with Crippen LogP contribution in [0, 0.1) is 0 Å². The quantitative estimate of drug-likeness (QED) is 0.831. The molecule has 0 saturated carbocycles. The van der Waals surface area contributed by atoms with E-state index in [0.29, 0.717) is 12.6 Å². The minimum Gasteiger partial charge on any atom is -0.310 e. The van der Waals surface area contributed by atoms with Gasteiger partial charge in [0.05, 0.1) is 0 Å². The van der Waals surface area contributed by atoms with E-state index in [1.54, 1.807) is 0 Å². The lowest BCUT2D eigenvalue weighted by molar-refractivity contribution is -0.136. The van der Waals surface area contributed by atoms with Crippen LogP contribution in [0.25, 0.3) is 0 Å². The Morgan fingerprint density at radius 1 is 1.35 bits per heavy atom. The molecular weight excluding hydrogens is 229 g/mol. The molecule has 1 rings (SSSR count). The zero-order chi connectivity index (χ0) is 13.1. The van der Waals surface area contributed by atoms with Crippen LogP contribution in [-0.2, 0) is 0 Å². The molecule has 0 aromatic rings. The molecule has 1 N–H and O–H groups in total. The van der Waals surface area contributed by atoms with Crippen molar-refractivity contribution in [2.45, 2.75) is 57.8 Å². The van der Waals surface area contributed by atoms with Crippen LogP contribution >= 0.6 is 0 Å². The molecular formula is C12H23F3N2. The van der Waals surface area contributed by atoms with Gasteiger partial charge >= 0.3 is 6.18 Å². The van der Waals surface area contributed by atoms with E-state index >= 15 is 0 Å². The van der Waals surface area contributed by atoms with E-state index in [0.717, 1.165) is 19.5 Å². The molecule has 0 radical (unpaired) electrons. The van der Waals surface area contributed by atoms with Crippen molar-refractivity contribution in [1.82, 2.24) is 10.2 Å². The molecule has 1 aliphatic rings. The maximum atomic E-state index is 12.1. The average Bonchev–Trinajstić information content (AvgIpc) is 2.24. The largest absolute Gasteiger partial charge is 0.389 e. The first-order chi connectivity index (χ1) is 7.70. The summed E-state index contributed by atoms with van der Waals surface area (Å²) in [6, 6.07) is 0.359. The highest BCUT2D eigenvalue weighted by atomic mass is 19.4. The lowest BCUT2D eigenvalue weighted by Gasteiger charge is -2.33. The zero-order valence-electron chi connectivity index (χ0n) is 10.9. The van der Waals surface area contributed by atoms with Crippen molar-refractivity contribution in [1.29, 1.82) is 0 Å². The predicted molar refractivity (Wildman–Crippen MR) is 63.0 cm³/mol. The summed E-state index contributed by atoms with van der Waals surface area (Å²) >= 11 is 0. The highest BCUT2D eigenvalue weighted by Gasteiger charge is 2.30. The minimum atomic E-state index is -4.02. The molecule has 17 heavy (non-hydrogen) atoms. The van der Waals surface area contributed by atoms with Gasteiger partial charge in [-0.15, -0.1) is 0 Å². The molecule has 1 heterocycles. The van der Waals surface area contributed by atoms with Crippen molar-refractivity contribution in [3.8, 4) is 0 Å². The first-order valence-electron chi connectivity index (χ1n) is 6.25. The highest BCUT2D eigenvalue weighted by molar-refractivity contribution is 4.87. The maximum absolute atomic E-state index is 12.1. The summed E-state index contributed by atoms with van der Waals surface area (Å²) in [6.45, 7) is 8.57. The van der Waals surface area contributed by atoms with Gasteiger partial charge in [-0.3, -0.25) is 4.90 Å². The summed E-state index contributed by atoms with van der Waals surface area (Å²) in [5.41, 5.74) is -0.0109. The first kappa shape index (κ1) is 14.8. The summed E-state index contributed by atoms with van der Waals surface area (Å²) in [5.74, 6) is 0. The number of nitrogens with one attached hydrogen (secondary N) is 1. The van der Waals surface area contributed by atoms with E-state index in [9.17, 15) is 13.2 Å². The van der Waals surface area contributed by atoms with E-state index in [1.165, 1.54) is 0 Å². The van der Waals surface area contributed by atoms with E-state index in [1.807, 2.05) is 0 Å². The number of halogens is 3. The average molecular weight is 252 g/mol. The summed E-state index contributed by atoms with van der Waals surface area (Å²) in [4.78, 5) is 2.17. The van der Waals surface area contributed by atoms with Crippen LogP contribution in [0.3, 0.4) is 0 Å². The molecule has 1 fully saturated rings. The molecule has 0 spiro atoms. The third-order valence-corrected chi connectivity index (χ3v) is 3.29. The lowest BCUT2D eigenvalue weighted by Crippen LogP contribution is -2.47. The van der Waals surface area contributed by atoms with Crippen LogP contribution in [-0.4, -0.2) is 42.3 Å². The van der Waals surface area contributed by atoms with E-state index in [-0.39, 0.29) is 12.0 Å². The Balaban J connectivity index is 2.43. The minimum absolute atomic E-state index is 0.0109. The van der Waals surface area contributed by atoms with Crippen LogP contribution in [0.4, 0.5) is 13.2 Å². The van der Waals surface area contributed by atoms with Crippen molar-refractivity contribution in [2.75, 3.05) is 19.6 Å². The van der Waals surface area contributed by atoms with Gasteiger partial charge in [0, 0.05) is 24.5 Å². The van der Waals surface area contributed by atoms with Crippen molar-refractivity contribution in [2.24, 2.45) is 0 Å². The molecule has 102 valence electrons. The summed E-state index contributed by atoms with van der Waals surface area (Å²) in [5, 5.41) is 3.42. The van der Waals surface area contributed by atoms with Crippen molar-refractivity contribution in [3.63, 3.8) is 0 Å². The zero-order valence-corrected chi connectivity index (χ0v) is 10.9. The van der Waals surface area contributed by atoms with Gasteiger partial charge in [0.1, 0.15) is 0 Å². The van der Waals surface area contributed by atoms with Crippen LogP contribution in [0.5, 0.6) is 0 Å². The summed E-state index contributed by atoms with van der Waals surface area (Å²) < 4.78 is 36.3. The van der Waals surface area contributed by atoms with E-state index in [4.69, 9.17) is 0 Å². The highest BCUT2D eigenvalue weighted by Crippen LogP contribution is 2.23. The molecule has 0 amide bonds. The fraction of sp³-hybridized carbons (Fsp3) is 1.00. The number of rotatable bonds is 3. The Bertz CT molecular complexity index is 238. The molecule has 1 atom stereocenters. The second kappa shape index (κ2) is 5.57. The third-order valence-electron chi connectivity index (χ3n) is 3.29. The van der Waals surface area contributed by atoms with Crippen LogP contribution in [0.1, 0.15) is 40.0 Å². The molecule has 0 aromatic heterocycles. The van der Waals surface area contributed by atoms with Gasteiger partial charge in [-0.2, -0.15) is 13.2 Å². The van der Waals surface area contributed by atoms with Gasteiger partial charge in [-0.05, 0) is 46.7 Å². The molecule has 5 heteroatoms. The van der Waals surface area contributed by atoms with Crippen LogP contribution in [0.2, 0.25) is 0 Å². The number of nitrogens with zero attached hydrogens (tertiary/aromatic N) is 1. The Morgan fingerprint density at radius 2 is 2.00 bits per heavy atom. The van der Waals surface area contributed by atoms with Gasteiger partial charge in [0.15, 0.2) is 0 Å². The van der Waals surface area contributed by atoms with E-state index in [2.05, 4.69) is 31.0 Å². The second-order valence-electron chi connectivity index (χ2n) is 5.64. The first-order valence-corrected chi connectivity index (χ1v) is 6.25. The fourth-order valence-electron chi connectivity index (χ4n) is 2.30. The summed E-state index contributed by atoms with van der Waals surface area (Å²) in [7, 11) is 0. The topological polar surface area (TPSA) is 15.3 Å². The molecule has 1 unspecified atom stereocenters. The molecule has 0 bridgehead atoms. The summed E-state index contributed by atoms with van der Waals surface area (Å²) in [6.07, 6.45) is -3.51. The predicted octanol–water partition coefficient (Wildman–Crippen LogP) is 2.79. The van der Waals surface area contributed by atoms with Gasteiger partial charge in [0.2, 0.25) is 0 Å². The lowest BCUT2D eigenvalue weighted by atomic mass is 10.1. The molecule has 0 aromatic carbocycles. The number of alkyl halides is 3. The molecule has 2 nitrogen and oxygen atoms in total. The van der Waals surface area contributed by atoms with Crippen molar-refractivity contribution >= 4 is 0 Å². The van der Waals surface area contributed by atoms with Gasteiger partial charge in [0.25, 0.3) is 0 Å². The molecule has 1 aliphatic heterocycles. The third kappa shape index (κ3) is 5.73.